The zero-order valence-electron chi connectivity index (χ0n) is 13.4. The quantitative estimate of drug-likeness (QED) is 0.848. The minimum atomic E-state index is -3.68. The Bertz CT molecular complexity index is 809. The van der Waals surface area contributed by atoms with Crippen molar-refractivity contribution in [1.82, 2.24) is 14.2 Å². The van der Waals surface area contributed by atoms with Gasteiger partial charge in [0, 0.05) is 39.0 Å². The topological polar surface area (TPSA) is 70.6 Å². The van der Waals surface area contributed by atoms with Gasteiger partial charge in [-0.15, -0.1) is 0 Å². The Kier molecular flexibility index (Phi) is 4.64. The van der Waals surface area contributed by atoms with Gasteiger partial charge in [-0.2, -0.15) is 4.31 Å². The summed E-state index contributed by atoms with van der Waals surface area (Å²) in [7, 11) is -3.68. The Balaban J connectivity index is 2.00. The average molecular weight is 345 g/mol. The van der Waals surface area contributed by atoms with Gasteiger partial charge < -0.3 is 4.90 Å². The lowest BCUT2D eigenvalue weighted by atomic mass is 10.0. The van der Waals surface area contributed by atoms with Crippen LogP contribution in [0, 0.1) is 0 Å². The number of hydrogen-bond acceptors (Lipinski definition) is 4. The van der Waals surface area contributed by atoms with Gasteiger partial charge in [0.1, 0.15) is 4.90 Å². The second kappa shape index (κ2) is 6.70. The number of rotatable bonds is 3. The lowest BCUT2D eigenvalue weighted by Crippen LogP contribution is -2.51. The third kappa shape index (κ3) is 3.18. The maximum Gasteiger partial charge on any atom is 0.245 e. The van der Waals surface area contributed by atoms with Crippen LogP contribution in [-0.2, 0) is 14.8 Å². The molecule has 1 aromatic heterocycles. The Morgan fingerprint density at radius 1 is 1.12 bits per heavy atom. The molecule has 1 aliphatic rings. The second-order valence-corrected chi connectivity index (χ2v) is 7.59. The number of hydrogen-bond donors (Lipinski definition) is 0. The number of amides is 1. The highest BCUT2D eigenvalue weighted by molar-refractivity contribution is 7.89. The van der Waals surface area contributed by atoms with E-state index in [9.17, 15) is 13.2 Å². The molecule has 0 radical (unpaired) electrons. The molecule has 126 valence electrons. The van der Waals surface area contributed by atoms with Crippen LogP contribution >= 0.6 is 0 Å². The fraction of sp³-hybridized carbons (Fsp3) is 0.294. The van der Waals surface area contributed by atoms with Gasteiger partial charge in [0.15, 0.2) is 0 Å². The zero-order chi connectivity index (χ0) is 17.2. The predicted molar refractivity (Wildman–Crippen MR) is 89.6 cm³/mol. The predicted octanol–water partition coefficient (Wildman–Crippen LogP) is 1.68. The molecule has 6 nitrogen and oxygen atoms in total. The Morgan fingerprint density at radius 3 is 2.50 bits per heavy atom. The summed E-state index contributed by atoms with van der Waals surface area (Å²) < 4.78 is 27.5. The molecule has 24 heavy (non-hydrogen) atoms. The zero-order valence-corrected chi connectivity index (χ0v) is 14.2. The van der Waals surface area contributed by atoms with Crippen LogP contribution in [0.1, 0.15) is 18.5 Å². The van der Waals surface area contributed by atoms with Crippen molar-refractivity contribution in [1.29, 1.82) is 0 Å². The minimum absolute atomic E-state index is 0.0469. The van der Waals surface area contributed by atoms with Crippen molar-refractivity contribution in [2.45, 2.75) is 17.9 Å². The number of aromatic nitrogens is 1. The van der Waals surface area contributed by atoms with E-state index in [1.54, 1.807) is 23.2 Å². The molecular weight excluding hydrogens is 326 g/mol. The molecule has 0 bridgehead atoms. The van der Waals surface area contributed by atoms with Crippen LogP contribution in [0.4, 0.5) is 0 Å². The molecule has 7 heteroatoms. The van der Waals surface area contributed by atoms with E-state index in [1.165, 1.54) is 17.4 Å². The number of carbonyl (C=O) groups excluding carboxylic acids is 1. The van der Waals surface area contributed by atoms with Crippen LogP contribution in [0.2, 0.25) is 0 Å². The normalized spacial score (nSPS) is 19.2. The molecule has 1 atom stereocenters. The summed E-state index contributed by atoms with van der Waals surface area (Å²) in [5.74, 6) is -0.0469. The molecule has 0 spiro atoms. The first-order chi connectivity index (χ1) is 11.5. The molecule has 2 aromatic rings. The van der Waals surface area contributed by atoms with E-state index >= 15 is 0 Å². The fourth-order valence-electron chi connectivity index (χ4n) is 2.92. The number of nitrogens with zero attached hydrogens (tertiary/aromatic N) is 3. The number of carbonyl (C=O) groups is 1. The molecule has 0 saturated carbocycles. The van der Waals surface area contributed by atoms with Crippen molar-refractivity contribution in [2.24, 2.45) is 0 Å². The molecule has 2 heterocycles. The van der Waals surface area contributed by atoms with Crippen molar-refractivity contribution < 1.29 is 13.2 Å². The minimum Gasteiger partial charge on any atom is -0.340 e. The lowest BCUT2D eigenvalue weighted by molar-refractivity contribution is -0.131. The summed E-state index contributed by atoms with van der Waals surface area (Å²) in [5.41, 5.74) is 0.871. The first-order valence-corrected chi connectivity index (χ1v) is 9.16. The Hall–Kier alpha value is -2.25. The Labute approximate surface area is 141 Å². The van der Waals surface area contributed by atoms with Gasteiger partial charge >= 0.3 is 0 Å². The van der Waals surface area contributed by atoms with E-state index in [1.807, 2.05) is 30.3 Å². The monoisotopic (exact) mass is 345 g/mol. The van der Waals surface area contributed by atoms with E-state index in [-0.39, 0.29) is 17.3 Å². The van der Waals surface area contributed by atoms with E-state index in [2.05, 4.69) is 4.98 Å². The molecule has 1 aromatic carbocycles. The first kappa shape index (κ1) is 16.6. The van der Waals surface area contributed by atoms with Gasteiger partial charge in [0.2, 0.25) is 15.9 Å². The van der Waals surface area contributed by atoms with Gasteiger partial charge in [-0.1, -0.05) is 30.3 Å². The average Bonchev–Trinajstić information content (AvgIpc) is 2.62. The summed E-state index contributed by atoms with van der Waals surface area (Å²) in [6.07, 6.45) is 2.90. The van der Waals surface area contributed by atoms with Gasteiger partial charge in [-0.3, -0.25) is 9.78 Å². The Morgan fingerprint density at radius 2 is 1.88 bits per heavy atom. The van der Waals surface area contributed by atoms with Gasteiger partial charge in [0.05, 0.1) is 6.04 Å². The van der Waals surface area contributed by atoms with Crippen molar-refractivity contribution in [3.63, 3.8) is 0 Å². The highest BCUT2D eigenvalue weighted by atomic mass is 32.2. The molecule has 1 fully saturated rings. The molecule has 0 unspecified atom stereocenters. The van der Waals surface area contributed by atoms with Crippen LogP contribution in [0.3, 0.4) is 0 Å². The number of pyridine rings is 1. The maximum atomic E-state index is 13.0. The first-order valence-electron chi connectivity index (χ1n) is 7.72. The smallest absolute Gasteiger partial charge is 0.245 e. The fourth-order valence-corrected chi connectivity index (χ4v) is 4.48. The summed E-state index contributed by atoms with van der Waals surface area (Å²) in [4.78, 5) is 17.5. The van der Waals surface area contributed by atoms with Gasteiger partial charge in [-0.25, -0.2) is 8.42 Å². The van der Waals surface area contributed by atoms with E-state index < -0.39 is 16.1 Å². The van der Waals surface area contributed by atoms with Crippen molar-refractivity contribution >= 4 is 15.9 Å². The van der Waals surface area contributed by atoms with E-state index in [0.717, 1.165) is 5.56 Å². The van der Waals surface area contributed by atoms with Crippen LogP contribution in [0.5, 0.6) is 0 Å². The molecule has 0 N–H and O–H groups in total. The molecule has 1 aliphatic heterocycles. The van der Waals surface area contributed by atoms with Crippen LogP contribution < -0.4 is 0 Å². The van der Waals surface area contributed by atoms with Gasteiger partial charge in [-0.05, 0) is 17.7 Å². The van der Waals surface area contributed by atoms with Crippen molar-refractivity contribution in [2.75, 3.05) is 19.6 Å². The van der Waals surface area contributed by atoms with E-state index in [0.29, 0.717) is 13.1 Å². The molecule has 1 saturated heterocycles. The summed E-state index contributed by atoms with van der Waals surface area (Å²) in [5, 5.41) is 0. The summed E-state index contributed by atoms with van der Waals surface area (Å²) in [6, 6.07) is 12.1. The van der Waals surface area contributed by atoms with Gasteiger partial charge in [0.25, 0.3) is 0 Å². The third-order valence-corrected chi connectivity index (χ3v) is 6.09. The van der Waals surface area contributed by atoms with Crippen LogP contribution in [0.15, 0.2) is 59.8 Å². The molecule has 1 amide bonds. The highest BCUT2D eigenvalue weighted by Gasteiger charge is 2.37. The SMILES string of the molecule is CC(=O)N1CCN(S(=O)(=O)c2cccnc2)[C@H](c2ccccc2)C1. The third-order valence-electron chi connectivity index (χ3n) is 4.20. The molecule has 0 aliphatic carbocycles. The van der Waals surface area contributed by atoms with Crippen LogP contribution in [0.25, 0.3) is 0 Å². The van der Waals surface area contributed by atoms with Crippen LogP contribution in [-0.4, -0.2) is 48.1 Å². The molecular formula is C17H19N3O3S. The molecule has 3 rings (SSSR count). The number of benzene rings is 1. The number of piperazine rings is 1. The number of sulfonamides is 1. The second-order valence-electron chi connectivity index (χ2n) is 5.70. The van der Waals surface area contributed by atoms with E-state index in [4.69, 9.17) is 0 Å². The summed E-state index contributed by atoms with van der Waals surface area (Å²) >= 11 is 0. The highest BCUT2D eigenvalue weighted by Crippen LogP contribution is 2.30. The largest absolute Gasteiger partial charge is 0.340 e. The van der Waals surface area contributed by atoms with Crippen molar-refractivity contribution in [3.8, 4) is 0 Å². The standard InChI is InChI=1S/C17H19N3O3S/c1-14(21)19-10-11-20(17(13-19)15-6-3-2-4-7-15)24(22,23)16-8-5-9-18-12-16/h2-9,12,17H,10-11,13H2,1H3/t17-/m0/s1. The van der Waals surface area contributed by atoms with Crippen molar-refractivity contribution in [3.05, 3.63) is 60.4 Å². The lowest BCUT2D eigenvalue weighted by Gasteiger charge is -2.40. The summed E-state index contributed by atoms with van der Waals surface area (Å²) in [6.45, 7) is 2.50. The maximum absolute atomic E-state index is 13.0.